The third kappa shape index (κ3) is 3.46. The van der Waals surface area contributed by atoms with Crippen molar-refractivity contribution in [3.63, 3.8) is 0 Å². The van der Waals surface area contributed by atoms with Crippen LogP contribution in [-0.2, 0) is 20.6 Å². The molecule has 0 aromatic carbocycles. The lowest BCUT2D eigenvalue weighted by atomic mass is 11.9. The van der Waals surface area contributed by atoms with Crippen molar-refractivity contribution >= 4 is 45.9 Å². The van der Waals surface area contributed by atoms with Crippen molar-refractivity contribution in [2.75, 3.05) is 10.2 Å². The molecule has 6 heavy (non-hydrogen) atoms. The van der Waals surface area contributed by atoms with Crippen molar-refractivity contribution in [2.45, 2.75) is 0 Å². The van der Waals surface area contributed by atoms with Gasteiger partial charge in [0.15, 0.2) is 0 Å². The Morgan fingerprint density at radius 2 is 1.67 bits per heavy atom. The average molecular weight is 158 g/mol. The molecule has 0 bridgehead atoms. The molecule has 4 heteroatoms. The lowest BCUT2D eigenvalue weighted by Gasteiger charge is -1.88. The molecule has 0 amide bonds. The largest absolute Gasteiger partial charge is 0.168 e. The van der Waals surface area contributed by atoms with E-state index >= 15 is 0 Å². The first-order valence-corrected chi connectivity index (χ1v) is 5.13. The molecule has 0 saturated heterocycles. The Bertz CT molecular complexity index is 43.5. The van der Waals surface area contributed by atoms with Gasteiger partial charge in [-0.3, -0.25) is 0 Å². The van der Waals surface area contributed by atoms with Crippen LogP contribution in [0, 0.1) is 0 Å². The zero-order chi connectivity index (χ0) is 4.99. The summed E-state index contributed by atoms with van der Waals surface area (Å²) in [4.78, 5) is 0. The molecule has 0 N–H and O–H groups in total. The lowest BCUT2D eigenvalue weighted by molar-refractivity contribution is 2.18. The summed E-state index contributed by atoms with van der Waals surface area (Å²) in [6.45, 7) is 0. The van der Waals surface area contributed by atoms with Crippen LogP contribution in [-0.4, -0.2) is 10.2 Å². The average Bonchev–Trinajstić information content (AvgIpc) is 1.65. The number of hydrogen-bond donors (Lipinski definition) is 2. The predicted octanol–water partition coefficient (Wildman–Crippen LogP) is 0.841. The number of hydrogen-bond acceptors (Lipinski definition) is 3. The molecular formula is C2H6S4. The van der Waals surface area contributed by atoms with E-state index in [-0.39, 0.29) is 9.45 Å². The molecule has 38 valence electrons. The molecular weight excluding hydrogens is 152 g/mol. The van der Waals surface area contributed by atoms with Gasteiger partial charge in [0.2, 0.25) is 0 Å². The highest BCUT2D eigenvalue weighted by Crippen LogP contribution is 1.87. The topological polar surface area (TPSA) is 0 Å². The van der Waals surface area contributed by atoms with E-state index in [2.05, 4.69) is 25.3 Å². The Labute approximate surface area is 56.1 Å². The van der Waals surface area contributed by atoms with Gasteiger partial charge >= 0.3 is 0 Å². The van der Waals surface area contributed by atoms with Crippen molar-refractivity contribution in [2.24, 2.45) is 0 Å². The van der Waals surface area contributed by atoms with E-state index in [1.165, 1.54) is 0 Å². The summed E-state index contributed by atoms with van der Waals surface area (Å²) >= 11 is 12.7. The number of thiol groups is 2. The van der Waals surface area contributed by atoms with E-state index in [1.54, 1.807) is 0 Å². The van der Waals surface area contributed by atoms with Crippen molar-refractivity contribution < 1.29 is 0 Å². The SMILES string of the molecule is S=S(CS)CS. The Morgan fingerprint density at radius 1 is 1.33 bits per heavy atom. The molecule has 0 aromatic heterocycles. The van der Waals surface area contributed by atoms with Crippen LogP contribution in [0.25, 0.3) is 0 Å². The van der Waals surface area contributed by atoms with E-state index in [0.717, 1.165) is 10.2 Å². The molecule has 0 aromatic rings. The zero-order valence-corrected chi connectivity index (χ0v) is 6.55. The van der Waals surface area contributed by atoms with Gasteiger partial charge in [0, 0.05) is 10.2 Å². The van der Waals surface area contributed by atoms with Gasteiger partial charge in [0.1, 0.15) is 0 Å². The molecule has 0 aliphatic carbocycles. The monoisotopic (exact) mass is 158 g/mol. The van der Waals surface area contributed by atoms with Crippen LogP contribution >= 0.6 is 25.3 Å². The van der Waals surface area contributed by atoms with E-state index in [9.17, 15) is 0 Å². The molecule has 0 rings (SSSR count). The van der Waals surface area contributed by atoms with Gasteiger partial charge in [-0.05, 0) is 0 Å². The number of rotatable bonds is 2. The Balaban J connectivity index is 2.99. The summed E-state index contributed by atoms with van der Waals surface area (Å²) < 4.78 is 0. The fourth-order valence-corrected chi connectivity index (χ4v) is 1.10. The van der Waals surface area contributed by atoms with Gasteiger partial charge < -0.3 is 0 Å². The molecule has 0 fully saturated rings. The normalized spacial score (nSPS) is 9.83. The van der Waals surface area contributed by atoms with Gasteiger partial charge in [0.05, 0.1) is 0 Å². The molecule has 0 atom stereocenters. The highest BCUT2D eigenvalue weighted by atomic mass is 32.8. The van der Waals surface area contributed by atoms with Crippen molar-refractivity contribution in [3.05, 3.63) is 0 Å². The summed E-state index contributed by atoms with van der Waals surface area (Å²) in [5, 5.41) is 1.58. The van der Waals surface area contributed by atoms with E-state index in [1.807, 2.05) is 0 Å². The second kappa shape index (κ2) is 4.43. The van der Waals surface area contributed by atoms with Crippen LogP contribution in [0.4, 0.5) is 0 Å². The van der Waals surface area contributed by atoms with E-state index in [0.29, 0.717) is 0 Å². The van der Waals surface area contributed by atoms with Crippen LogP contribution in [0.3, 0.4) is 0 Å². The maximum atomic E-state index is 4.81. The Morgan fingerprint density at radius 3 is 1.67 bits per heavy atom. The standard InChI is InChI=1S/C2H6S4/c3-1-6(5)2-4/h3-4H,1-2H2. The maximum absolute atomic E-state index is 4.81. The molecule has 0 aliphatic rings. The first-order valence-electron chi connectivity index (χ1n) is 1.38. The highest BCUT2D eigenvalue weighted by Gasteiger charge is 1.79. The zero-order valence-electron chi connectivity index (χ0n) is 3.13. The second-order valence-electron chi connectivity index (χ2n) is 0.698. The minimum Gasteiger partial charge on any atom is -0.168 e. The summed E-state index contributed by atoms with van der Waals surface area (Å²) in [5.41, 5.74) is 0. The lowest BCUT2D eigenvalue weighted by Crippen LogP contribution is -1.86. The van der Waals surface area contributed by atoms with Crippen LogP contribution in [0.15, 0.2) is 0 Å². The van der Waals surface area contributed by atoms with Crippen LogP contribution in [0.1, 0.15) is 0 Å². The van der Waals surface area contributed by atoms with Crippen molar-refractivity contribution in [1.82, 2.24) is 0 Å². The summed E-state index contributed by atoms with van der Waals surface area (Å²) in [6.07, 6.45) is 0. The first kappa shape index (κ1) is 7.27. The maximum Gasteiger partial charge on any atom is 0.0416 e. The van der Waals surface area contributed by atoms with Gasteiger partial charge in [-0.15, -0.1) is 9.45 Å². The third-order valence-corrected chi connectivity index (χ3v) is 4.49. The molecule has 0 heterocycles. The highest BCUT2D eigenvalue weighted by molar-refractivity contribution is 8.35. The third-order valence-electron chi connectivity index (χ3n) is 0.288. The second-order valence-corrected chi connectivity index (χ2v) is 5.06. The minimum absolute atomic E-state index is 0.0278. The molecule has 0 nitrogen and oxygen atoms in total. The van der Waals surface area contributed by atoms with E-state index < -0.39 is 0 Å². The summed E-state index contributed by atoms with van der Waals surface area (Å²) in [5.74, 6) is 0. The Hall–Kier alpha value is 1.27. The van der Waals surface area contributed by atoms with Gasteiger partial charge in [-0.2, -0.15) is 25.3 Å². The van der Waals surface area contributed by atoms with Crippen LogP contribution in [0.2, 0.25) is 0 Å². The molecule has 0 saturated carbocycles. The predicted molar refractivity (Wildman–Crippen MR) is 42.4 cm³/mol. The quantitative estimate of drug-likeness (QED) is 0.562. The first-order chi connectivity index (χ1) is 2.81. The van der Waals surface area contributed by atoms with Crippen LogP contribution < -0.4 is 0 Å². The fourth-order valence-electron chi connectivity index (χ4n) is 0.0408. The van der Waals surface area contributed by atoms with E-state index in [4.69, 9.17) is 11.2 Å². The van der Waals surface area contributed by atoms with Gasteiger partial charge in [0.25, 0.3) is 0 Å². The van der Waals surface area contributed by atoms with Gasteiger partial charge in [-0.25, -0.2) is 0 Å². The van der Waals surface area contributed by atoms with Crippen LogP contribution in [0.5, 0.6) is 0 Å². The van der Waals surface area contributed by atoms with Gasteiger partial charge in [-0.1, -0.05) is 11.2 Å². The smallest absolute Gasteiger partial charge is 0.0416 e. The molecule has 0 unspecified atom stereocenters. The summed E-state index contributed by atoms with van der Waals surface area (Å²) in [6, 6.07) is 0. The van der Waals surface area contributed by atoms with Crippen molar-refractivity contribution in [1.29, 1.82) is 0 Å². The fraction of sp³-hybridized carbons (Fsp3) is 1.00. The summed E-state index contributed by atoms with van der Waals surface area (Å²) in [7, 11) is 0.0278. The molecule has 0 aliphatic heterocycles. The Kier molecular flexibility index (Phi) is 5.37. The van der Waals surface area contributed by atoms with Crippen molar-refractivity contribution in [3.8, 4) is 0 Å². The molecule has 0 radical (unpaired) electrons. The molecule has 0 spiro atoms. The minimum atomic E-state index is 0.0278.